The van der Waals surface area contributed by atoms with Gasteiger partial charge in [-0.05, 0) is 19.3 Å². The molecule has 324 valence electrons. The molecule has 2 aliphatic heterocycles. The average Bonchev–Trinajstić information content (AvgIpc) is 3.12. The van der Waals surface area contributed by atoms with E-state index in [1.807, 2.05) is 0 Å². The van der Waals surface area contributed by atoms with E-state index in [-0.39, 0.29) is 78.9 Å². The van der Waals surface area contributed by atoms with E-state index in [0.717, 1.165) is 0 Å². The number of rotatable bonds is 28. The summed E-state index contributed by atoms with van der Waals surface area (Å²) < 4.78 is 75.9. The minimum atomic E-state index is -4.44. The van der Waals surface area contributed by atoms with Crippen molar-refractivity contribution in [2.24, 2.45) is 0 Å². The standard InChI is InChI=1S/C29H56N2O22P2/c1-18(34)30-22-26(38)24(36)20(16-32)52-28(22)46-6-3-4-8-48-54(40,41)50-14-12-44-10-11-45-13-15-51-55(42,43)49-9-5-7-47-29-23(31-19(2)35)27(39)25(37)21(17-33)53-29/h20-29,32-33,36-39H,3-17H2,1-2H3,(H,30,34)(H,31,35)(H,40,41)(H,42,43)/t20?,21?,22?,23?,24-,25-,26+,27+,28+,29+/m0/s1. The van der Waals surface area contributed by atoms with E-state index in [1.54, 1.807) is 0 Å². The van der Waals surface area contributed by atoms with Crippen LogP contribution in [-0.2, 0) is 65.2 Å². The fourth-order valence-electron chi connectivity index (χ4n) is 5.07. The van der Waals surface area contributed by atoms with Crippen molar-refractivity contribution in [3.05, 3.63) is 0 Å². The van der Waals surface area contributed by atoms with Crippen molar-refractivity contribution in [2.75, 3.05) is 79.3 Å². The van der Waals surface area contributed by atoms with Gasteiger partial charge in [0.1, 0.15) is 48.7 Å². The maximum absolute atomic E-state index is 12.1. The van der Waals surface area contributed by atoms with Gasteiger partial charge < -0.3 is 79.5 Å². The van der Waals surface area contributed by atoms with Crippen LogP contribution in [0.5, 0.6) is 0 Å². The van der Waals surface area contributed by atoms with Crippen molar-refractivity contribution < 1.29 is 106 Å². The smallest absolute Gasteiger partial charge is 0.394 e. The number of hydrogen-bond acceptors (Lipinski definition) is 20. The van der Waals surface area contributed by atoms with Crippen molar-refractivity contribution in [3.63, 3.8) is 0 Å². The van der Waals surface area contributed by atoms with Crippen LogP contribution in [0.15, 0.2) is 0 Å². The van der Waals surface area contributed by atoms with Gasteiger partial charge in [-0.3, -0.25) is 27.7 Å². The molecular weight excluding hydrogens is 790 g/mol. The van der Waals surface area contributed by atoms with Crippen molar-refractivity contribution in [1.82, 2.24) is 10.6 Å². The molecule has 0 saturated carbocycles. The Bertz CT molecular complexity index is 1210. The summed E-state index contributed by atoms with van der Waals surface area (Å²) in [6.45, 7) is 0.0365. The molecule has 2 heterocycles. The van der Waals surface area contributed by atoms with Crippen LogP contribution in [0.25, 0.3) is 0 Å². The van der Waals surface area contributed by atoms with Crippen LogP contribution < -0.4 is 10.6 Å². The number of carbonyl (C=O) groups is 2. The molecule has 0 aromatic heterocycles. The highest BCUT2D eigenvalue weighted by Crippen LogP contribution is 2.43. The number of unbranched alkanes of at least 4 members (excludes halogenated alkanes) is 1. The minimum absolute atomic E-state index is 0.0310. The predicted octanol–water partition coefficient (Wildman–Crippen LogP) is -3.62. The first-order valence-electron chi connectivity index (χ1n) is 17.4. The SMILES string of the molecule is CC(=O)NC1[C@H](OCCCCOP(=O)(O)OCCOCCOCCOP(=O)(O)OCCCO[C@@H]2OC(CO)[C@H](O)[C@H](O)C2NC(C)=O)OC(CO)[C@H](O)[C@@H]1O. The zero-order valence-electron chi connectivity index (χ0n) is 30.6. The van der Waals surface area contributed by atoms with E-state index < -0.39 is 102 Å². The number of amides is 2. The topological polar surface area (TPSA) is 346 Å². The molecule has 0 aliphatic carbocycles. The molecule has 2 fully saturated rings. The van der Waals surface area contributed by atoms with Gasteiger partial charge in [-0.2, -0.15) is 0 Å². The third-order valence-electron chi connectivity index (χ3n) is 7.74. The lowest BCUT2D eigenvalue weighted by Gasteiger charge is -2.42. The molecular formula is C29H56N2O22P2. The van der Waals surface area contributed by atoms with Crippen molar-refractivity contribution in [2.45, 2.75) is 94.4 Å². The molecule has 0 aromatic carbocycles. The first kappa shape index (κ1) is 49.8. The number of aliphatic hydroxyl groups excluding tert-OH is 6. The summed E-state index contributed by atoms with van der Waals surface area (Å²) in [5.41, 5.74) is 0. The van der Waals surface area contributed by atoms with E-state index in [9.17, 15) is 59.1 Å². The summed E-state index contributed by atoms with van der Waals surface area (Å²) >= 11 is 0. The predicted molar refractivity (Wildman–Crippen MR) is 182 cm³/mol. The van der Waals surface area contributed by atoms with Gasteiger partial charge in [-0.15, -0.1) is 0 Å². The van der Waals surface area contributed by atoms with Crippen molar-refractivity contribution in [1.29, 1.82) is 0 Å². The van der Waals surface area contributed by atoms with Gasteiger partial charge in [0.05, 0.1) is 72.7 Å². The van der Waals surface area contributed by atoms with Gasteiger partial charge in [-0.25, -0.2) is 9.13 Å². The lowest BCUT2D eigenvalue weighted by molar-refractivity contribution is -0.270. The summed E-state index contributed by atoms with van der Waals surface area (Å²) in [6, 6.07) is -2.22. The molecule has 55 heavy (non-hydrogen) atoms. The lowest BCUT2D eigenvalue weighted by Crippen LogP contribution is -2.64. The molecule has 2 rings (SSSR count). The molecule has 0 bridgehead atoms. The number of phosphoric acid groups is 2. The van der Waals surface area contributed by atoms with E-state index in [0.29, 0.717) is 6.42 Å². The number of aliphatic hydroxyl groups is 6. The summed E-state index contributed by atoms with van der Waals surface area (Å²) in [6.07, 6.45) is -9.86. The summed E-state index contributed by atoms with van der Waals surface area (Å²) in [5.74, 6) is -1.01. The van der Waals surface area contributed by atoms with Gasteiger partial charge in [0.2, 0.25) is 11.8 Å². The van der Waals surface area contributed by atoms with Gasteiger partial charge in [0.15, 0.2) is 12.6 Å². The largest absolute Gasteiger partial charge is 0.472 e. The Labute approximate surface area is 317 Å². The second kappa shape index (κ2) is 25.9. The first-order chi connectivity index (χ1) is 26.0. The highest BCUT2D eigenvalue weighted by molar-refractivity contribution is 7.47. The molecule has 2 saturated heterocycles. The van der Waals surface area contributed by atoms with Crippen molar-refractivity contribution >= 4 is 27.5 Å². The van der Waals surface area contributed by atoms with Crippen LogP contribution in [0.2, 0.25) is 0 Å². The molecule has 12 atom stereocenters. The second-order valence-corrected chi connectivity index (χ2v) is 15.1. The van der Waals surface area contributed by atoms with Crippen LogP contribution in [0.4, 0.5) is 0 Å². The van der Waals surface area contributed by atoms with Gasteiger partial charge in [0, 0.05) is 20.5 Å². The van der Waals surface area contributed by atoms with Crippen molar-refractivity contribution in [3.8, 4) is 0 Å². The maximum atomic E-state index is 12.1. The highest BCUT2D eigenvalue weighted by atomic mass is 31.2. The Morgan fingerprint density at radius 3 is 1.29 bits per heavy atom. The molecule has 10 N–H and O–H groups in total. The fourth-order valence-corrected chi connectivity index (χ4v) is 6.55. The number of nitrogens with one attached hydrogen (secondary N) is 2. The Balaban J connectivity index is 1.48. The summed E-state index contributed by atoms with van der Waals surface area (Å²) in [4.78, 5) is 42.6. The summed E-state index contributed by atoms with van der Waals surface area (Å²) in [5, 5.41) is 64.2. The van der Waals surface area contributed by atoms with Gasteiger partial charge in [-0.1, -0.05) is 0 Å². The summed E-state index contributed by atoms with van der Waals surface area (Å²) in [7, 11) is -8.82. The molecule has 0 aromatic rings. The van der Waals surface area contributed by atoms with Gasteiger partial charge >= 0.3 is 15.6 Å². The van der Waals surface area contributed by atoms with E-state index in [1.165, 1.54) is 13.8 Å². The number of phosphoric ester groups is 2. The third-order valence-corrected chi connectivity index (χ3v) is 9.77. The highest BCUT2D eigenvalue weighted by Gasteiger charge is 2.46. The number of carbonyl (C=O) groups excluding carboxylic acids is 2. The number of ether oxygens (including phenoxy) is 6. The molecule has 0 spiro atoms. The Morgan fingerprint density at radius 2 is 0.891 bits per heavy atom. The molecule has 0 radical (unpaired) electrons. The Kier molecular flexibility index (Phi) is 23.5. The van der Waals surface area contributed by atoms with Crippen LogP contribution in [0.1, 0.15) is 33.1 Å². The fraction of sp³-hybridized carbons (Fsp3) is 0.931. The van der Waals surface area contributed by atoms with Crippen LogP contribution in [0, 0.1) is 0 Å². The van der Waals surface area contributed by atoms with Gasteiger partial charge in [0.25, 0.3) is 0 Å². The molecule has 2 aliphatic rings. The van der Waals surface area contributed by atoms with Crippen LogP contribution >= 0.6 is 15.6 Å². The van der Waals surface area contributed by atoms with Crippen LogP contribution in [0.3, 0.4) is 0 Å². The molecule has 24 nitrogen and oxygen atoms in total. The molecule has 2 amide bonds. The Morgan fingerprint density at radius 1 is 0.545 bits per heavy atom. The lowest BCUT2D eigenvalue weighted by atomic mass is 9.97. The zero-order valence-corrected chi connectivity index (χ0v) is 32.4. The quantitative estimate of drug-likeness (QED) is 0.0268. The maximum Gasteiger partial charge on any atom is 0.472 e. The average molecular weight is 847 g/mol. The minimum Gasteiger partial charge on any atom is -0.394 e. The molecule has 26 heteroatoms. The van der Waals surface area contributed by atoms with E-state index >= 15 is 0 Å². The van der Waals surface area contributed by atoms with E-state index in [2.05, 4.69) is 10.6 Å². The van der Waals surface area contributed by atoms with E-state index in [4.69, 9.17) is 46.5 Å². The third kappa shape index (κ3) is 18.9. The zero-order chi connectivity index (χ0) is 41.0. The normalized spacial score (nSPS) is 30.7. The van der Waals surface area contributed by atoms with Crippen LogP contribution in [-0.4, -0.2) is 193 Å². The first-order valence-corrected chi connectivity index (χ1v) is 20.4. The monoisotopic (exact) mass is 846 g/mol. The Hall–Kier alpha value is -1.32. The second-order valence-electron chi connectivity index (χ2n) is 12.2. The molecule has 6 unspecified atom stereocenters. The number of hydrogen-bond donors (Lipinski definition) is 10.